The maximum absolute atomic E-state index is 11.9. The molecule has 0 aliphatic rings. The van der Waals surface area contributed by atoms with Gasteiger partial charge in [-0.05, 0) is 12.1 Å². The lowest BCUT2D eigenvalue weighted by Gasteiger charge is -2.06. The van der Waals surface area contributed by atoms with E-state index in [4.69, 9.17) is 14.6 Å². The first-order valence-electron chi connectivity index (χ1n) is 6.19. The van der Waals surface area contributed by atoms with E-state index in [1.54, 1.807) is 19.2 Å². The van der Waals surface area contributed by atoms with E-state index in [0.29, 0.717) is 31.9 Å². The maximum Gasteiger partial charge on any atom is 0.271 e. The van der Waals surface area contributed by atoms with Crippen molar-refractivity contribution in [2.45, 2.75) is 0 Å². The van der Waals surface area contributed by atoms with Crippen LogP contribution in [0, 0.1) is 11.8 Å². The molecule has 108 valence electrons. The van der Waals surface area contributed by atoms with Crippen LogP contribution in [-0.4, -0.2) is 56.1 Å². The Morgan fingerprint density at radius 1 is 1.45 bits per heavy atom. The second-order valence-corrected chi connectivity index (χ2v) is 3.72. The largest absolute Gasteiger partial charge is 0.384 e. The number of nitrogens with one attached hydrogen (secondary N) is 1. The van der Waals surface area contributed by atoms with E-state index < -0.39 is 0 Å². The van der Waals surface area contributed by atoms with Crippen molar-refractivity contribution >= 4 is 5.91 Å². The molecule has 0 saturated heterocycles. The van der Waals surface area contributed by atoms with Gasteiger partial charge in [0.15, 0.2) is 0 Å². The van der Waals surface area contributed by atoms with Crippen molar-refractivity contribution in [2.24, 2.45) is 0 Å². The van der Waals surface area contributed by atoms with Gasteiger partial charge in [-0.15, -0.1) is 0 Å². The zero-order valence-corrected chi connectivity index (χ0v) is 11.4. The molecule has 20 heavy (non-hydrogen) atoms. The van der Waals surface area contributed by atoms with Gasteiger partial charge in [-0.2, -0.15) is 0 Å². The summed E-state index contributed by atoms with van der Waals surface area (Å²) in [6.07, 6.45) is 1.52. The van der Waals surface area contributed by atoms with E-state index in [-0.39, 0.29) is 18.2 Å². The van der Waals surface area contributed by atoms with Gasteiger partial charge < -0.3 is 19.9 Å². The van der Waals surface area contributed by atoms with Crippen molar-refractivity contribution < 1.29 is 19.4 Å². The molecule has 0 bridgehead atoms. The number of rotatable bonds is 7. The summed E-state index contributed by atoms with van der Waals surface area (Å²) in [4.78, 5) is 15.9. The van der Waals surface area contributed by atoms with E-state index in [1.807, 2.05) is 0 Å². The summed E-state index contributed by atoms with van der Waals surface area (Å²) in [5.41, 5.74) is 0.727. The van der Waals surface area contributed by atoms with E-state index in [9.17, 15) is 4.79 Å². The van der Waals surface area contributed by atoms with Crippen LogP contribution in [0.2, 0.25) is 0 Å². The highest BCUT2D eigenvalue weighted by Gasteiger charge is 2.10. The predicted octanol–water partition coefficient (Wildman–Crippen LogP) is -0.182. The lowest BCUT2D eigenvalue weighted by molar-refractivity contribution is 0.0691. The van der Waals surface area contributed by atoms with Crippen LogP contribution in [0.25, 0.3) is 0 Å². The van der Waals surface area contributed by atoms with E-state index >= 15 is 0 Å². The molecule has 1 aromatic rings. The number of aliphatic hydroxyl groups is 1. The van der Waals surface area contributed by atoms with Gasteiger partial charge in [0.2, 0.25) is 0 Å². The van der Waals surface area contributed by atoms with Crippen molar-refractivity contribution in [2.75, 3.05) is 40.1 Å². The van der Waals surface area contributed by atoms with Crippen molar-refractivity contribution in [3.8, 4) is 11.8 Å². The molecule has 0 aromatic carbocycles. The third kappa shape index (κ3) is 5.80. The van der Waals surface area contributed by atoms with E-state index in [2.05, 4.69) is 22.1 Å². The molecule has 0 unspecified atom stereocenters. The summed E-state index contributed by atoms with van der Waals surface area (Å²) in [6, 6.07) is 3.37. The SMILES string of the molecule is COCCOCCNC(=O)c1ncccc1C#CCO. The second-order valence-electron chi connectivity index (χ2n) is 3.72. The van der Waals surface area contributed by atoms with Crippen LogP contribution in [0.5, 0.6) is 0 Å². The zero-order chi connectivity index (χ0) is 14.6. The van der Waals surface area contributed by atoms with Gasteiger partial charge in [0, 0.05) is 19.9 Å². The van der Waals surface area contributed by atoms with Gasteiger partial charge in [0.1, 0.15) is 12.3 Å². The molecule has 1 heterocycles. The van der Waals surface area contributed by atoms with Gasteiger partial charge in [0.25, 0.3) is 5.91 Å². The summed E-state index contributed by atoms with van der Waals surface area (Å²) in [7, 11) is 1.60. The normalized spacial score (nSPS) is 9.70. The second kappa shape index (κ2) is 9.92. The van der Waals surface area contributed by atoms with Gasteiger partial charge in [-0.3, -0.25) is 4.79 Å². The molecular formula is C14H18N2O4. The molecule has 0 aliphatic carbocycles. The van der Waals surface area contributed by atoms with Crippen molar-refractivity contribution in [3.63, 3.8) is 0 Å². The Kier molecular flexibility index (Phi) is 7.99. The molecule has 6 nitrogen and oxygen atoms in total. The number of pyridine rings is 1. The van der Waals surface area contributed by atoms with Crippen molar-refractivity contribution in [1.29, 1.82) is 0 Å². The third-order valence-electron chi connectivity index (χ3n) is 2.29. The molecule has 0 aliphatic heterocycles. The molecule has 2 N–H and O–H groups in total. The Bertz CT molecular complexity index is 480. The molecule has 0 atom stereocenters. The van der Waals surface area contributed by atoms with E-state index in [1.165, 1.54) is 6.20 Å². The number of aliphatic hydroxyl groups excluding tert-OH is 1. The third-order valence-corrected chi connectivity index (χ3v) is 2.29. The fourth-order valence-corrected chi connectivity index (χ4v) is 1.39. The fraction of sp³-hybridized carbons (Fsp3) is 0.429. The highest BCUT2D eigenvalue weighted by molar-refractivity contribution is 5.94. The quantitative estimate of drug-likeness (QED) is 0.534. The smallest absolute Gasteiger partial charge is 0.271 e. The summed E-state index contributed by atoms with van der Waals surface area (Å²) in [5, 5.41) is 11.4. The number of methoxy groups -OCH3 is 1. The van der Waals surface area contributed by atoms with Crippen LogP contribution in [0.15, 0.2) is 18.3 Å². The topological polar surface area (TPSA) is 80.7 Å². The summed E-state index contributed by atoms with van der Waals surface area (Å²) in [5.74, 6) is 4.87. The number of aromatic nitrogens is 1. The summed E-state index contributed by atoms with van der Waals surface area (Å²) >= 11 is 0. The van der Waals surface area contributed by atoms with Crippen molar-refractivity contribution in [3.05, 3.63) is 29.6 Å². The number of amides is 1. The lowest BCUT2D eigenvalue weighted by Crippen LogP contribution is -2.29. The number of nitrogens with zero attached hydrogens (tertiary/aromatic N) is 1. The number of hydrogen-bond donors (Lipinski definition) is 2. The van der Waals surface area contributed by atoms with Gasteiger partial charge >= 0.3 is 0 Å². The molecule has 1 amide bonds. The Balaban J connectivity index is 2.47. The Hall–Kier alpha value is -1.94. The standard InChI is InChI=1S/C14H18N2O4/c1-19-10-11-20-9-7-16-14(18)13-12(5-3-8-17)4-2-6-15-13/h2,4,6,17H,7-11H2,1H3,(H,16,18). The van der Waals surface area contributed by atoms with Crippen LogP contribution < -0.4 is 5.32 Å². The molecule has 1 aromatic heterocycles. The van der Waals surface area contributed by atoms with Crippen LogP contribution in [0.4, 0.5) is 0 Å². The number of carbonyl (C=O) groups excluding carboxylic acids is 1. The average molecular weight is 278 g/mol. The predicted molar refractivity (Wildman–Crippen MR) is 73.2 cm³/mol. The minimum Gasteiger partial charge on any atom is -0.384 e. The molecule has 0 spiro atoms. The van der Waals surface area contributed by atoms with Gasteiger partial charge in [0.05, 0.1) is 25.4 Å². The highest BCUT2D eigenvalue weighted by atomic mass is 16.5. The van der Waals surface area contributed by atoms with E-state index in [0.717, 1.165) is 0 Å². The van der Waals surface area contributed by atoms with Gasteiger partial charge in [-0.25, -0.2) is 4.98 Å². The van der Waals surface area contributed by atoms with Crippen LogP contribution in [0.3, 0.4) is 0 Å². The maximum atomic E-state index is 11.9. The number of carbonyl (C=O) groups is 1. The lowest BCUT2D eigenvalue weighted by atomic mass is 10.2. The summed E-state index contributed by atoms with van der Waals surface area (Å²) < 4.78 is 10.1. The minimum atomic E-state index is -0.316. The number of hydrogen-bond acceptors (Lipinski definition) is 5. The summed E-state index contributed by atoms with van der Waals surface area (Å²) in [6.45, 7) is 1.53. The minimum absolute atomic E-state index is 0.241. The molecule has 0 fully saturated rings. The molecular weight excluding hydrogens is 260 g/mol. The van der Waals surface area contributed by atoms with Crippen molar-refractivity contribution in [1.82, 2.24) is 10.3 Å². The monoisotopic (exact) mass is 278 g/mol. The first-order chi connectivity index (χ1) is 9.79. The van der Waals surface area contributed by atoms with Gasteiger partial charge in [-0.1, -0.05) is 11.8 Å². The molecule has 1 rings (SSSR count). The first-order valence-corrected chi connectivity index (χ1v) is 6.19. The van der Waals surface area contributed by atoms with Crippen LogP contribution >= 0.6 is 0 Å². The van der Waals surface area contributed by atoms with Crippen LogP contribution in [0.1, 0.15) is 16.1 Å². The van der Waals surface area contributed by atoms with Crippen LogP contribution in [-0.2, 0) is 9.47 Å². The zero-order valence-electron chi connectivity index (χ0n) is 11.4. The average Bonchev–Trinajstić information content (AvgIpc) is 2.48. The fourth-order valence-electron chi connectivity index (χ4n) is 1.39. The highest BCUT2D eigenvalue weighted by Crippen LogP contribution is 2.03. The Morgan fingerprint density at radius 3 is 3.05 bits per heavy atom. The Morgan fingerprint density at radius 2 is 2.30 bits per heavy atom. The number of ether oxygens (including phenoxy) is 2. The Labute approximate surface area is 118 Å². The molecule has 0 radical (unpaired) electrons. The molecule has 0 saturated carbocycles. The molecule has 6 heteroatoms. The first kappa shape index (κ1) is 16.1.